The Kier molecular flexibility index (Phi) is 8.82. The predicted molar refractivity (Wildman–Crippen MR) is 80.0 cm³/mol. The molecule has 0 aromatic heterocycles. The standard InChI is InChI=1S/C15H21ClO5/c1-3-18-6-7-19-8-9-20-15(17)11-21-14-5-4-13(16)10-12(14)2/h4-5,10H,3,6-9,11H2,1-2H3. The quantitative estimate of drug-likeness (QED) is 0.490. The fraction of sp³-hybridized carbons (Fsp3) is 0.533. The van der Waals surface area contributed by atoms with Crippen LogP contribution in [0.2, 0.25) is 5.02 Å². The lowest BCUT2D eigenvalue weighted by Crippen LogP contribution is -2.18. The van der Waals surface area contributed by atoms with Crippen LogP contribution in [-0.2, 0) is 19.0 Å². The first-order valence-corrected chi connectivity index (χ1v) is 7.21. The zero-order valence-corrected chi connectivity index (χ0v) is 13.1. The summed E-state index contributed by atoms with van der Waals surface area (Å²) in [7, 11) is 0. The van der Waals surface area contributed by atoms with Gasteiger partial charge >= 0.3 is 5.97 Å². The summed E-state index contributed by atoms with van der Waals surface area (Å²) >= 11 is 5.84. The van der Waals surface area contributed by atoms with Gasteiger partial charge in [0, 0.05) is 11.6 Å². The largest absolute Gasteiger partial charge is 0.482 e. The summed E-state index contributed by atoms with van der Waals surface area (Å²) < 4.78 is 20.7. The molecule has 1 aromatic rings. The van der Waals surface area contributed by atoms with E-state index in [1.807, 2.05) is 13.8 Å². The third kappa shape index (κ3) is 7.90. The van der Waals surface area contributed by atoms with Crippen molar-refractivity contribution in [1.82, 2.24) is 0 Å². The number of carbonyl (C=O) groups is 1. The molecule has 1 aromatic carbocycles. The number of ether oxygens (including phenoxy) is 4. The van der Waals surface area contributed by atoms with E-state index in [0.717, 1.165) is 5.56 Å². The van der Waals surface area contributed by atoms with Crippen LogP contribution < -0.4 is 4.74 Å². The topological polar surface area (TPSA) is 54.0 Å². The Hall–Kier alpha value is -1.30. The van der Waals surface area contributed by atoms with Crippen LogP contribution >= 0.6 is 11.6 Å². The lowest BCUT2D eigenvalue weighted by atomic mass is 10.2. The first kappa shape index (κ1) is 17.8. The number of hydrogen-bond acceptors (Lipinski definition) is 5. The van der Waals surface area contributed by atoms with Crippen LogP contribution in [0.25, 0.3) is 0 Å². The minimum atomic E-state index is -0.433. The van der Waals surface area contributed by atoms with E-state index in [2.05, 4.69) is 0 Å². The molecule has 118 valence electrons. The van der Waals surface area contributed by atoms with Crippen molar-refractivity contribution < 1.29 is 23.7 Å². The number of aryl methyl sites for hydroxylation is 1. The van der Waals surface area contributed by atoms with Crippen LogP contribution in [0.5, 0.6) is 5.75 Å². The van der Waals surface area contributed by atoms with Crippen molar-refractivity contribution >= 4 is 17.6 Å². The number of benzene rings is 1. The van der Waals surface area contributed by atoms with Crippen LogP contribution in [0.1, 0.15) is 12.5 Å². The van der Waals surface area contributed by atoms with Crippen molar-refractivity contribution in [2.24, 2.45) is 0 Å². The molecule has 0 atom stereocenters. The Morgan fingerprint density at radius 1 is 1.14 bits per heavy atom. The molecule has 0 aliphatic heterocycles. The molecule has 0 aliphatic rings. The third-order valence-electron chi connectivity index (χ3n) is 2.55. The van der Waals surface area contributed by atoms with Crippen LogP contribution in [0, 0.1) is 6.92 Å². The van der Waals surface area contributed by atoms with Gasteiger partial charge in [-0.25, -0.2) is 4.79 Å². The lowest BCUT2D eigenvalue weighted by molar-refractivity contribution is -0.147. The number of halogens is 1. The molecule has 0 saturated heterocycles. The van der Waals surface area contributed by atoms with Crippen LogP contribution in [0.15, 0.2) is 18.2 Å². The van der Waals surface area contributed by atoms with E-state index in [1.54, 1.807) is 18.2 Å². The van der Waals surface area contributed by atoms with Gasteiger partial charge < -0.3 is 18.9 Å². The van der Waals surface area contributed by atoms with Gasteiger partial charge in [0.1, 0.15) is 12.4 Å². The number of rotatable bonds is 10. The van der Waals surface area contributed by atoms with Crippen molar-refractivity contribution in [3.05, 3.63) is 28.8 Å². The van der Waals surface area contributed by atoms with E-state index in [-0.39, 0.29) is 13.2 Å². The molecule has 0 bridgehead atoms. The van der Waals surface area contributed by atoms with Crippen molar-refractivity contribution in [3.8, 4) is 5.75 Å². The highest BCUT2D eigenvalue weighted by molar-refractivity contribution is 6.30. The molecule has 0 unspecified atom stereocenters. The molecular weight excluding hydrogens is 296 g/mol. The second kappa shape index (κ2) is 10.4. The second-order valence-electron chi connectivity index (χ2n) is 4.23. The maximum atomic E-state index is 11.5. The summed E-state index contributed by atoms with van der Waals surface area (Å²) in [5.41, 5.74) is 0.870. The highest BCUT2D eigenvalue weighted by Crippen LogP contribution is 2.21. The lowest BCUT2D eigenvalue weighted by Gasteiger charge is -2.09. The molecule has 0 saturated carbocycles. The molecule has 6 heteroatoms. The maximum Gasteiger partial charge on any atom is 0.344 e. The molecule has 0 amide bonds. The highest BCUT2D eigenvalue weighted by atomic mass is 35.5. The number of carbonyl (C=O) groups excluding carboxylic acids is 1. The molecule has 0 radical (unpaired) electrons. The minimum absolute atomic E-state index is 0.137. The third-order valence-corrected chi connectivity index (χ3v) is 2.78. The summed E-state index contributed by atoms with van der Waals surface area (Å²) in [5, 5.41) is 0.631. The van der Waals surface area contributed by atoms with E-state index in [0.29, 0.717) is 37.2 Å². The van der Waals surface area contributed by atoms with Crippen molar-refractivity contribution in [2.75, 3.05) is 39.6 Å². The molecule has 0 heterocycles. The zero-order valence-electron chi connectivity index (χ0n) is 12.4. The van der Waals surface area contributed by atoms with Crippen molar-refractivity contribution in [1.29, 1.82) is 0 Å². The molecule has 1 rings (SSSR count). The summed E-state index contributed by atoms with van der Waals surface area (Å²) in [6.45, 7) is 5.89. The fourth-order valence-corrected chi connectivity index (χ4v) is 1.76. The Bertz CT molecular complexity index is 436. The van der Waals surface area contributed by atoms with Crippen LogP contribution in [0.3, 0.4) is 0 Å². The van der Waals surface area contributed by atoms with Gasteiger partial charge in [-0.1, -0.05) is 11.6 Å². The van der Waals surface area contributed by atoms with Gasteiger partial charge in [0.15, 0.2) is 6.61 Å². The van der Waals surface area contributed by atoms with Crippen molar-refractivity contribution in [3.63, 3.8) is 0 Å². The molecule has 0 aliphatic carbocycles. The molecule has 0 N–H and O–H groups in total. The van der Waals surface area contributed by atoms with Gasteiger partial charge in [-0.05, 0) is 37.6 Å². The number of hydrogen-bond donors (Lipinski definition) is 0. The average Bonchev–Trinajstić information content (AvgIpc) is 2.45. The van der Waals surface area contributed by atoms with Gasteiger partial charge in [-0.3, -0.25) is 0 Å². The van der Waals surface area contributed by atoms with E-state index in [1.165, 1.54) is 0 Å². The highest BCUT2D eigenvalue weighted by Gasteiger charge is 2.06. The Morgan fingerprint density at radius 2 is 1.86 bits per heavy atom. The Morgan fingerprint density at radius 3 is 2.57 bits per heavy atom. The molecular formula is C15H21ClO5. The molecule has 5 nitrogen and oxygen atoms in total. The van der Waals surface area contributed by atoms with Gasteiger partial charge in [0.2, 0.25) is 0 Å². The first-order chi connectivity index (χ1) is 10.1. The molecule has 0 spiro atoms. The summed E-state index contributed by atoms with van der Waals surface area (Å²) in [6.07, 6.45) is 0. The Balaban J connectivity index is 2.11. The molecule has 0 fully saturated rings. The van der Waals surface area contributed by atoms with Crippen LogP contribution in [0.4, 0.5) is 0 Å². The SMILES string of the molecule is CCOCCOCCOC(=O)COc1ccc(Cl)cc1C. The second-order valence-corrected chi connectivity index (χ2v) is 4.66. The zero-order chi connectivity index (χ0) is 15.5. The van der Waals surface area contributed by atoms with E-state index >= 15 is 0 Å². The summed E-state index contributed by atoms with van der Waals surface area (Å²) in [6, 6.07) is 5.21. The van der Waals surface area contributed by atoms with Gasteiger partial charge in [-0.15, -0.1) is 0 Å². The van der Waals surface area contributed by atoms with E-state index in [4.69, 9.17) is 30.5 Å². The van der Waals surface area contributed by atoms with Crippen molar-refractivity contribution in [2.45, 2.75) is 13.8 Å². The molecule has 21 heavy (non-hydrogen) atoms. The minimum Gasteiger partial charge on any atom is -0.482 e. The van der Waals surface area contributed by atoms with E-state index < -0.39 is 5.97 Å². The predicted octanol–water partition coefficient (Wildman–Crippen LogP) is 2.62. The first-order valence-electron chi connectivity index (χ1n) is 6.83. The summed E-state index contributed by atoms with van der Waals surface area (Å²) in [5.74, 6) is 0.182. The van der Waals surface area contributed by atoms with E-state index in [9.17, 15) is 4.79 Å². The van der Waals surface area contributed by atoms with Crippen LogP contribution in [-0.4, -0.2) is 45.6 Å². The smallest absolute Gasteiger partial charge is 0.344 e. The maximum absolute atomic E-state index is 11.5. The average molecular weight is 317 g/mol. The van der Waals surface area contributed by atoms with Gasteiger partial charge in [0.25, 0.3) is 0 Å². The monoisotopic (exact) mass is 316 g/mol. The summed E-state index contributed by atoms with van der Waals surface area (Å²) in [4.78, 5) is 11.5. The number of esters is 1. The van der Waals surface area contributed by atoms with Gasteiger partial charge in [-0.2, -0.15) is 0 Å². The normalized spacial score (nSPS) is 10.4. The van der Waals surface area contributed by atoms with Gasteiger partial charge in [0.05, 0.1) is 19.8 Å². The fourth-order valence-electron chi connectivity index (χ4n) is 1.53. The Labute approximate surface area is 130 Å².